The Morgan fingerprint density at radius 3 is 2.94 bits per heavy atom. The van der Waals surface area contributed by atoms with Crippen molar-refractivity contribution in [3.05, 3.63) is 0 Å². The summed E-state index contributed by atoms with van der Waals surface area (Å²) in [5, 5.41) is 6.45. The van der Waals surface area contributed by atoms with E-state index in [0.717, 1.165) is 51.6 Å². The molecule has 1 saturated heterocycles. The van der Waals surface area contributed by atoms with E-state index in [1.54, 1.807) is 0 Å². The first-order valence-corrected chi connectivity index (χ1v) is 6.58. The Labute approximate surface area is 104 Å². The monoisotopic (exact) mass is 243 g/mol. The summed E-state index contributed by atoms with van der Waals surface area (Å²) in [5.41, 5.74) is 0. The molecule has 0 radical (unpaired) electrons. The number of rotatable bonds is 7. The van der Waals surface area contributed by atoms with Gasteiger partial charge in [0.1, 0.15) is 0 Å². The number of hydrogen-bond acceptors (Lipinski definition) is 3. The van der Waals surface area contributed by atoms with Crippen LogP contribution in [0, 0.1) is 0 Å². The second-order valence-electron chi connectivity index (χ2n) is 3.98. The normalized spacial score (nSPS) is 20.6. The predicted molar refractivity (Wildman–Crippen MR) is 69.4 cm³/mol. The van der Waals surface area contributed by atoms with Crippen LogP contribution < -0.4 is 10.6 Å². The Bertz CT molecular complexity index is 216. The summed E-state index contributed by atoms with van der Waals surface area (Å²) in [6, 6.07) is 0. The maximum atomic E-state index is 5.54. The van der Waals surface area contributed by atoms with Gasteiger partial charge in [-0.3, -0.25) is 4.99 Å². The molecule has 17 heavy (non-hydrogen) atoms. The minimum Gasteiger partial charge on any atom is -0.380 e. The number of nitrogens with zero attached hydrogens (tertiary/aromatic N) is 1. The molecule has 0 aliphatic carbocycles. The van der Waals surface area contributed by atoms with Gasteiger partial charge in [0.05, 0.1) is 19.3 Å². The second-order valence-corrected chi connectivity index (χ2v) is 3.98. The molecule has 0 aromatic heterocycles. The van der Waals surface area contributed by atoms with Crippen LogP contribution in [0.4, 0.5) is 0 Å². The van der Waals surface area contributed by atoms with Crippen LogP contribution in [0.25, 0.3) is 0 Å². The Hall–Kier alpha value is -0.810. The zero-order chi connectivity index (χ0) is 12.3. The Kier molecular flexibility index (Phi) is 7.75. The number of hydrogen-bond donors (Lipinski definition) is 2. The fraction of sp³-hybridized carbons (Fsp3) is 0.917. The first-order chi connectivity index (χ1) is 8.36. The van der Waals surface area contributed by atoms with Crippen LogP contribution in [0.1, 0.15) is 26.7 Å². The number of ether oxygens (including phenoxy) is 2. The molecule has 5 nitrogen and oxygen atoms in total. The van der Waals surface area contributed by atoms with Crippen molar-refractivity contribution >= 4 is 5.96 Å². The molecule has 0 spiro atoms. The van der Waals surface area contributed by atoms with Gasteiger partial charge in [0, 0.05) is 26.3 Å². The molecule has 1 atom stereocenters. The van der Waals surface area contributed by atoms with Gasteiger partial charge in [-0.25, -0.2) is 0 Å². The van der Waals surface area contributed by atoms with Gasteiger partial charge < -0.3 is 20.1 Å². The molecular weight excluding hydrogens is 218 g/mol. The summed E-state index contributed by atoms with van der Waals surface area (Å²) in [6.07, 6.45) is 2.59. The third-order valence-corrected chi connectivity index (χ3v) is 2.56. The molecule has 0 amide bonds. The fourth-order valence-electron chi connectivity index (χ4n) is 1.71. The summed E-state index contributed by atoms with van der Waals surface area (Å²) in [4.78, 5) is 4.51. The van der Waals surface area contributed by atoms with Crippen molar-refractivity contribution < 1.29 is 9.47 Å². The molecule has 2 N–H and O–H groups in total. The molecule has 0 aromatic carbocycles. The average molecular weight is 243 g/mol. The predicted octanol–water partition coefficient (Wildman–Crippen LogP) is 0.757. The zero-order valence-electron chi connectivity index (χ0n) is 11.0. The van der Waals surface area contributed by atoms with E-state index in [9.17, 15) is 0 Å². The highest BCUT2D eigenvalue weighted by atomic mass is 16.5. The smallest absolute Gasteiger partial charge is 0.191 e. The lowest BCUT2D eigenvalue weighted by Gasteiger charge is -2.12. The highest BCUT2D eigenvalue weighted by molar-refractivity contribution is 5.79. The van der Waals surface area contributed by atoms with Crippen LogP contribution in [0.5, 0.6) is 0 Å². The number of guanidine groups is 1. The van der Waals surface area contributed by atoms with Crippen molar-refractivity contribution in [2.24, 2.45) is 4.99 Å². The van der Waals surface area contributed by atoms with Gasteiger partial charge in [-0.1, -0.05) is 0 Å². The number of aliphatic imine (C=N–C) groups is 1. The highest BCUT2D eigenvalue weighted by Crippen LogP contribution is 2.11. The van der Waals surface area contributed by atoms with Gasteiger partial charge in [-0.05, 0) is 26.7 Å². The van der Waals surface area contributed by atoms with E-state index in [1.807, 2.05) is 6.92 Å². The summed E-state index contributed by atoms with van der Waals surface area (Å²) in [5.74, 6) is 0.850. The molecule has 0 bridgehead atoms. The average Bonchev–Trinajstić information content (AvgIpc) is 2.84. The van der Waals surface area contributed by atoms with Gasteiger partial charge in [-0.15, -0.1) is 0 Å². The van der Waals surface area contributed by atoms with E-state index in [0.29, 0.717) is 12.7 Å². The lowest BCUT2D eigenvalue weighted by Crippen LogP contribution is -2.39. The largest absolute Gasteiger partial charge is 0.380 e. The van der Waals surface area contributed by atoms with Crippen LogP contribution >= 0.6 is 0 Å². The summed E-state index contributed by atoms with van der Waals surface area (Å²) < 4.78 is 10.8. The number of nitrogens with one attached hydrogen (secondary N) is 2. The molecule has 5 heteroatoms. The van der Waals surface area contributed by atoms with Crippen molar-refractivity contribution in [2.75, 3.05) is 39.5 Å². The van der Waals surface area contributed by atoms with Crippen molar-refractivity contribution in [1.82, 2.24) is 10.6 Å². The van der Waals surface area contributed by atoms with Gasteiger partial charge in [-0.2, -0.15) is 0 Å². The van der Waals surface area contributed by atoms with Crippen LogP contribution in [0.15, 0.2) is 4.99 Å². The van der Waals surface area contributed by atoms with E-state index in [4.69, 9.17) is 9.47 Å². The minimum absolute atomic E-state index is 0.303. The minimum atomic E-state index is 0.303. The SMILES string of the molecule is CCNC(=NCC1CCCO1)NCCOCC. The van der Waals surface area contributed by atoms with E-state index in [2.05, 4.69) is 22.5 Å². The third kappa shape index (κ3) is 6.48. The third-order valence-electron chi connectivity index (χ3n) is 2.56. The summed E-state index contributed by atoms with van der Waals surface area (Å²) in [7, 11) is 0. The van der Waals surface area contributed by atoms with E-state index >= 15 is 0 Å². The van der Waals surface area contributed by atoms with Crippen molar-refractivity contribution in [3.63, 3.8) is 0 Å². The molecular formula is C12H25N3O2. The molecule has 1 unspecified atom stereocenters. The quantitative estimate of drug-likeness (QED) is 0.394. The van der Waals surface area contributed by atoms with Crippen LogP contribution in [-0.2, 0) is 9.47 Å². The van der Waals surface area contributed by atoms with Crippen LogP contribution in [0.3, 0.4) is 0 Å². The van der Waals surface area contributed by atoms with Crippen molar-refractivity contribution in [1.29, 1.82) is 0 Å². The van der Waals surface area contributed by atoms with Gasteiger partial charge in [0.15, 0.2) is 5.96 Å². The lowest BCUT2D eigenvalue weighted by molar-refractivity contribution is 0.117. The summed E-state index contributed by atoms with van der Waals surface area (Å²) in [6.45, 7) is 8.80. The maximum absolute atomic E-state index is 5.54. The standard InChI is InChI=1S/C12H25N3O2/c1-3-13-12(14-7-9-16-4-2)15-10-11-6-5-8-17-11/h11H,3-10H2,1-2H3,(H2,13,14,15). The van der Waals surface area contributed by atoms with Crippen molar-refractivity contribution in [3.8, 4) is 0 Å². The van der Waals surface area contributed by atoms with E-state index in [1.165, 1.54) is 0 Å². The first-order valence-electron chi connectivity index (χ1n) is 6.58. The molecule has 0 saturated carbocycles. The molecule has 1 fully saturated rings. The molecule has 100 valence electrons. The van der Waals surface area contributed by atoms with Crippen LogP contribution in [-0.4, -0.2) is 51.5 Å². The van der Waals surface area contributed by atoms with Gasteiger partial charge in [0.2, 0.25) is 0 Å². The van der Waals surface area contributed by atoms with E-state index in [-0.39, 0.29) is 0 Å². The molecule has 1 heterocycles. The Balaban J connectivity index is 2.22. The topological polar surface area (TPSA) is 54.9 Å². The maximum Gasteiger partial charge on any atom is 0.191 e. The Morgan fingerprint density at radius 2 is 2.29 bits per heavy atom. The molecule has 1 aliphatic heterocycles. The lowest BCUT2D eigenvalue weighted by atomic mass is 10.2. The molecule has 1 aliphatic rings. The Morgan fingerprint density at radius 1 is 1.41 bits per heavy atom. The van der Waals surface area contributed by atoms with Gasteiger partial charge >= 0.3 is 0 Å². The fourth-order valence-corrected chi connectivity index (χ4v) is 1.71. The molecule has 0 aromatic rings. The highest BCUT2D eigenvalue weighted by Gasteiger charge is 2.14. The van der Waals surface area contributed by atoms with Gasteiger partial charge in [0.25, 0.3) is 0 Å². The van der Waals surface area contributed by atoms with E-state index < -0.39 is 0 Å². The van der Waals surface area contributed by atoms with Crippen LogP contribution in [0.2, 0.25) is 0 Å². The second kappa shape index (κ2) is 9.24. The van der Waals surface area contributed by atoms with Crippen molar-refractivity contribution in [2.45, 2.75) is 32.8 Å². The zero-order valence-corrected chi connectivity index (χ0v) is 11.0. The summed E-state index contributed by atoms with van der Waals surface area (Å²) >= 11 is 0. The first kappa shape index (κ1) is 14.3. The molecule has 1 rings (SSSR count).